The largest absolute Gasteiger partial charge is 0.444 e. The van der Waals surface area contributed by atoms with Crippen LogP contribution in [0.3, 0.4) is 0 Å². The first-order valence-electron chi connectivity index (χ1n) is 6.14. The highest BCUT2D eigenvalue weighted by Gasteiger charge is 2.45. The molecule has 0 spiro atoms. The second kappa shape index (κ2) is 3.91. The molecule has 4 heteroatoms. The molecule has 1 amide bonds. The second-order valence-corrected chi connectivity index (χ2v) is 5.95. The van der Waals surface area contributed by atoms with Crippen LogP contribution in [0.15, 0.2) is 0 Å². The van der Waals surface area contributed by atoms with E-state index in [9.17, 15) is 4.79 Å². The van der Waals surface area contributed by atoms with E-state index < -0.39 is 5.60 Å². The van der Waals surface area contributed by atoms with E-state index in [1.54, 1.807) is 0 Å². The van der Waals surface area contributed by atoms with Crippen LogP contribution in [-0.4, -0.2) is 35.2 Å². The highest BCUT2D eigenvalue weighted by Crippen LogP contribution is 2.40. The maximum absolute atomic E-state index is 12.0. The Bertz CT molecular complexity index is 281. The molecule has 1 heterocycles. The van der Waals surface area contributed by atoms with Gasteiger partial charge in [-0.15, -0.1) is 0 Å². The van der Waals surface area contributed by atoms with E-state index in [0.717, 1.165) is 13.0 Å². The SMILES string of the molecule is CC(C)(C)OC(=O)N1CC[C@@H](N)[C@H]1C1CC1. The maximum atomic E-state index is 12.0. The molecule has 2 aliphatic rings. The van der Waals surface area contributed by atoms with Gasteiger partial charge in [0.1, 0.15) is 5.60 Å². The molecular weight excluding hydrogens is 204 g/mol. The molecule has 0 radical (unpaired) electrons. The molecule has 2 N–H and O–H groups in total. The smallest absolute Gasteiger partial charge is 0.410 e. The third-order valence-electron chi connectivity index (χ3n) is 3.23. The van der Waals surface area contributed by atoms with Crippen molar-refractivity contribution >= 4 is 6.09 Å². The monoisotopic (exact) mass is 226 g/mol. The number of nitrogens with zero attached hydrogens (tertiary/aromatic N) is 1. The minimum Gasteiger partial charge on any atom is -0.444 e. The molecule has 0 aromatic carbocycles. The van der Waals surface area contributed by atoms with Crippen molar-refractivity contribution in [3.63, 3.8) is 0 Å². The van der Waals surface area contributed by atoms with E-state index in [1.165, 1.54) is 12.8 Å². The molecular formula is C12H22N2O2. The predicted molar refractivity (Wildman–Crippen MR) is 62.0 cm³/mol. The summed E-state index contributed by atoms with van der Waals surface area (Å²) in [5.74, 6) is 0.616. The molecule has 2 atom stereocenters. The van der Waals surface area contributed by atoms with Gasteiger partial charge < -0.3 is 15.4 Å². The van der Waals surface area contributed by atoms with Gasteiger partial charge in [-0.2, -0.15) is 0 Å². The number of carbonyl (C=O) groups is 1. The van der Waals surface area contributed by atoms with Crippen molar-refractivity contribution in [3.05, 3.63) is 0 Å². The molecule has 16 heavy (non-hydrogen) atoms. The molecule has 1 saturated carbocycles. The zero-order chi connectivity index (χ0) is 11.9. The van der Waals surface area contributed by atoms with Gasteiger partial charge in [-0.1, -0.05) is 0 Å². The molecule has 1 saturated heterocycles. The Morgan fingerprint density at radius 1 is 1.31 bits per heavy atom. The summed E-state index contributed by atoms with van der Waals surface area (Å²) >= 11 is 0. The second-order valence-electron chi connectivity index (χ2n) is 5.95. The molecule has 0 bridgehead atoms. The fraction of sp³-hybridized carbons (Fsp3) is 0.917. The lowest BCUT2D eigenvalue weighted by atomic mass is 10.1. The number of rotatable bonds is 1. The Hall–Kier alpha value is -0.770. The van der Waals surface area contributed by atoms with Crippen molar-refractivity contribution in [2.24, 2.45) is 11.7 Å². The molecule has 92 valence electrons. The standard InChI is InChI=1S/C12H22N2O2/c1-12(2,3)16-11(15)14-7-6-9(13)10(14)8-4-5-8/h8-10H,4-7,13H2,1-3H3/t9-,10-/m1/s1. The number of hydrogen-bond acceptors (Lipinski definition) is 3. The van der Waals surface area contributed by atoms with Gasteiger partial charge in [0.25, 0.3) is 0 Å². The van der Waals surface area contributed by atoms with Crippen LogP contribution in [0.5, 0.6) is 0 Å². The van der Waals surface area contributed by atoms with Crippen LogP contribution < -0.4 is 5.73 Å². The van der Waals surface area contributed by atoms with Gasteiger partial charge in [0.05, 0.1) is 6.04 Å². The van der Waals surface area contributed by atoms with Crippen LogP contribution in [0.2, 0.25) is 0 Å². The van der Waals surface area contributed by atoms with Crippen molar-refractivity contribution in [3.8, 4) is 0 Å². The number of amides is 1. The Kier molecular flexibility index (Phi) is 2.86. The summed E-state index contributed by atoms with van der Waals surface area (Å²) in [5, 5.41) is 0. The number of hydrogen-bond donors (Lipinski definition) is 1. The summed E-state index contributed by atoms with van der Waals surface area (Å²) in [6.45, 7) is 6.43. The third kappa shape index (κ3) is 2.48. The molecule has 0 aromatic rings. The first-order valence-corrected chi connectivity index (χ1v) is 6.14. The van der Waals surface area contributed by atoms with Crippen molar-refractivity contribution < 1.29 is 9.53 Å². The van der Waals surface area contributed by atoms with Gasteiger partial charge in [0, 0.05) is 12.6 Å². The zero-order valence-corrected chi connectivity index (χ0v) is 10.4. The van der Waals surface area contributed by atoms with E-state index in [0.29, 0.717) is 5.92 Å². The van der Waals surface area contributed by atoms with Gasteiger partial charge in [-0.05, 0) is 46.0 Å². The lowest BCUT2D eigenvalue weighted by molar-refractivity contribution is 0.0202. The van der Waals surface area contributed by atoms with Crippen molar-refractivity contribution in [1.29, 1.82) is 0 Å². The summed E-state index contributed by atoms with van der Waals surface area (Å²) < 4.78 is 5.41. The third-order valence-corrected chi connectivity index (χ3v) is 3.23. The van der Waals surface area contributed by atoms with E-state index in [2.05, 4.69) is 0 Å². The van der Waals surface area contributed by atoms with E-state index in [1.807, 2.05) is 25.7 Å². The quantitative estimate of drug-likeness (QED) is 0.741. The average Bonchev–Trinajstić information content (AvgIpc) is 2.87. The lowest BCUT2D eigenvalue weighted by Gasteiger charge is -2.29. The Morgan fingerprint density at radius 3 is 2.44 bits per heavy atom. The van der Waals surface area contributed by atoms with Crippen LogP contribution >= 0.6 is 0 Å². The van der Waals surface area contributed by atoms with E-state index in [4.69, 9.17) is 10.5 Å². The summed E-state index contributed by atoms with van der Waals surface area (Å²) in [6, 6.07) is 0.356. The molecule has 4 nitrogen and oxygen atoms in total. The van der Waals surface area contributed by atoms with Gasteiger partial charge in [0.2, 0.25) is 0 Å². The average molecular weight is 226 g/mol. The van der Waals surface area contributed by atoms with Crippen LogP contribution in [0, 0.1) is 5.92 Å². The van der Waals surface area contributed by atoms with Gasteiger partial charge in [-0.25, -0.2) is 4.79 Å². The highest BCUT2D eigenvalue weighted by molar-refractivity contribution is 5.69. The summed E-state index contributed by atoms with van der Waals surface area (Å²) in [5.41, 5.74) is 5.64. The molecule has 0 unspecified atom stereocenters. The van der Waals surface area contributed by atoms with Crippen LogP contribution in [-0.2, 0) is 4.74 Å². The van der Waals surface area contributed by atoms with Gasteiger partial charge >= 0.3 is 6.09 Å². The Morgan fingerprint density at radius 2 is 1.94 bits per heavy atom. The fourth-order valence-corrected chi connectivity index (χ4v) is 2.41. The molecule has 1 aliphatic carbocycles. The zero-order valence-electron chi connectivity index (χ0n) is 10.4. The lowest BCUT2D eigenvalue weighted by Crippen LogP contribution is -2.46. The Labute approximate surface area is 97.1 Å². The summed E-state index contributed by atoms with van der Waals surface area (Å²) in [4.78, 5) is 13.8. The van der Waals surface area contributed by atoms with E-state index >= 15 is 0 Å². The van der Waals surface area contributed by atoms with Crippen molar-refractivity contribution in [2.45, 2.75) is 57.7 Å². The Balaban J connectivity index is 2.00. The topological polar surface area (TPSA) is 55.6 Å². The van der Waals surface area contributed by atoms with Gasteiger partial charge in [-0.3, -0.25) is 0 Å². The van der Waals surface area contributed by atoms with Gasteiger partial charge in [0.15, 0.2) is 0 Å². The first-order chi connectivity index (χ1) is 7.38. The van der Waals surface area contributed by atoms with E-state index in [-0.39, 0.29) is 18.2 Å². The normalized spacial score (nSPS) is 30.6. The number of ether oxygens (including phenoxy) is 1. The fourth-order valence-electron chi connectivity index (χ4n) is 2.41. The summed E-state index contributed by atoms with van der Waals surface area (Å²) in [7, 11) is 0. The molecule has 1 aliphatic heterocycles. The van der Waals surface area contributed by atoms with Crippen LogP contribution in [0.4, 0.5) is 4.79 Å². The molecule has 2 fully saturated rings. The molecule has 2 rings (SSSR count). The van der Waals surface area contributed by atoms with Crippen LogP contribution in [0.25, 0.3) is 0 Å². The highest BCUT2D eigenvalue weighted by atomic mass is 16.6. The number of carbonyl (C=O) groups excluding carboxylic acids is 1. The number of nitrogens with two attached hydrogens (primary N) is 1. The minimum atomic E-state index is -0.419. The van der Waals surface area contributed by atoms with Crippen LogP contribution in [0.1, 0.15) is 40.0 Å². The van der Waals surface area contributed by atoms with Crippen molar-refractivity contribution in [1.82, 2.24) is 4.90 Å². The number of likely N-dealkylation sites (tertiary alicyclic amines) is 1. The van der Waals surface area contributed by atoms with Crippen molar-refractivity contribution in [2.75, 3.05) is 6.54 Å². The molecule has 0 aromatic heterocycles. The predicted octanol–water partition coefficient (Wildman–Crippen LogP) is 1.73. The summed E-state index contributed by atoms with van der Waals surface area (Å²) in [6.07, 6.45) is 3.12. The maximum Gasteiger partial charge on any atom is 0.410 e. The minimum absolute atomic E-state index is 0.139. The first kappa shape index (κ1) is 11.7.